The molecule has 1 aliphatic rings. The fourth-order valence-electron chi connectivity index (χ4n) is 4.32. The fraction of sp³-hybridized carbons (Fsp3) is 0.333. The Kier molecular flexibility index (Phi) is 8.46. The van der Waals surface area contributed by atoms with Crippen LogP contribution in [0.15, 0.2) is 66.2 Å². The molecule has 35 heavy (non-hydrogen) atoms. The van der Waals surface area contributed by atoms with E-state index in [2.05, 4.69) is 11.9 Å². The predicted octanol–water partition coefficient (Wildman–Crippen LogP) is 3.94. The number of amides is 3. The molecule has 2 aromatic carbocycles. The van der Waals surface area contributed by atoms with Crippen LogP contribution in [0.5, 0.6) is 0 Å². The van der Waals surface area contributed by atoms with Gasteiger partial charge in [-0.15, -0.1) is 6.58 Å². The van der Waals surface area contributed by atoms with E-state index in [4.69, 9.17) is 22.3 Å². The van der Waals surface area contributed by atoms with Crippen LogP contribution >= 0.6 is 11.6 Å². The van der Waals surface area contributed by atoms with Crippen molar-refractivity contribution in [2.24, 2.45) is 28.5 Å². The lowest BCUT2D eigenvalue weighted by Crippen LogP contribution is -2.50. The number of para-hydroxylation sites is 1. The molecule has 0 bridgehead atoms. The Bertz CT molecular complexity index is 1140. The molecule has 0 saturated carbocycles. The Balaban J connectivity index is 2.05. The van der Waals surface area contributed by atoms with Crippen molar-refractivity contribution in [2.45, 2.75) is 32.9 Å². The van der Waals surface area contributed by atoms with Gasteiger partial charge in [-0.2, -0.15) is 0 Å². The molecule has 0 radical (unpaired) electrons. The first kappa shape index (κ1) is 26.2. The minimum absolute atomic E-state index is 0.127. The zero-order chi connectivity index (χ0) is 25.7. The smallest absolute Gasteiger partial charge is 0.272 e. The van der Waals surface area contributed by atoms with Gasteiger partial charge < -0.3 is 16.0 Å². The monoisotopic (exact) mass is 494 g/mol. The van der Waals surface area contributed by atoms with E-state index >= 15 is 0 Å². The third kappa shape index (κ3) is 5.98. The summed E-state index contributed by atoms with van der Waals surface area (Å²) in [4.78, 5) is 45.3. The van der Waals surface area contributed by atoms with E-state index in [0.717, 1.165) is 11.1 Å². The molecular weight excluding hydrogens is 464 g/mol. The first-order valence-corrected chi connectivity index (χ1v) is 11.9. The van der Waals surface area contributed by atoms with Crippen LogP contribution in [0.4, 0.5) is 5.69 Å². The number of fused-ring (bicyclic) bond motifs is 1. The zero-order valence-corrected chi connectivity index (χ0v) is 21.0. The van der Waals surface area contributed by atoms with Gasteiger partial charge in [0.15, 0.2) is 0 Å². The van der Waals surface area contributed by atoms with Crippen molar-refractivity contribution in [2.75, 3.05) is 11.9 Å². The first-order chi connectivity index (χ1) is 16.6. The van der Waals surface area contributed by atoms with Crippen LogP contribution in [0.1, 0.15) is 37.8 Å². The van der Waals surface area contributed by atoms with E-state index in [1.54, 1.807) is 25.3 Å². The molecule has 3 unspecified atom stereocenters. The highest BCUT2D eigenvalue weighted by Crippen LogP contribution is 2.29. The molecule has 0 aliphatic carbocycles. The molecule has 184 valence electrons. The molecule has 1 aliphatic heterocycles. The number of primary amides is 1. The average Bonchev–Trinajstić information content (AvgIpc) is 2.92. The number of hydrogen-bond donors (Lipinski definition) is 2. The van der Waals surface area contributed by atoms with Crippen molar-refractivity contribution in [3.05, 3.63) is 77.3 Å². The molecular formula is C27H31ClN4O3. The predicted molar refractivity (Wildman–Crippen MR) is 139 cm³/mol. The summed E-state index contributed by atoms with van der Waals surface area (Å²) < 4.78 is 0. The zero-order valence-electron chi connectivity index (χ0n) is 20.2. The number of carbonyl (C=O) groups excluding carboxylic acids is 3. The van der Waals surface area contributed by atoms with E-state index in [9.17, 15) is 14.4 Å². The second-order valence-electron chi connectivity index (χ2n) is 9.08. The number of benzene rings is 2. The summed E-state index contributed by atoms with van der Waals surface area (Å²) in [5.74, 6) is -2.73. The van der Waals surface area contributed by atoms with Gasteiger partial charge in [0.05, 0.1) is 23.2 Å². The van der Waals surface area contributed by atoms with Crippen LogP contribution in [0.25, 0.3) is 0 Å². The number of anilines is 1. The summed E-state index contributed by atoms with van der Waals surface area (Å²) in [5, 5.41) is 3.37. The topological polar surface area (TPSA) is 105 Å². The summed E-state index contributed by atoms with van der Waals surface area (Å²) in [6, 6.07) is 14.6. The van der Waals surface area contributed by atoms with E-state index in [0.29, 0.717) is 22.8 Å². The number of allylic oxidation sites excluding steroid dienone is 1. The lowest BCUT2D eigenvalue weighted by Gasteiger charge is -2.27. The van der Waals surface area contributed by atoms with Crippen molar-refractivity contribution >= 4 is 40.7 Å². The van der Waals surface area contributed by atoms with Gasteiger partial charge in [0.25, 0.3) is 5.91 Å². The van der Waals surface area contributed by atoms with Gasteiger partial charge in [0.2, 0.25) is 18.0 Å². The van der Waals surface area contributed by atoms with E-state index in [1.165, 1.54) is 4.90 Å². The average molecular weight is 495 g/mol. The number of nitrogens with zero attached hydrogens (tertiary/aromatic N) is 2. The Morgan fingerprint density at radius 2 is 1.83 bits per heavy atom. The Hall–Kier alpha value is -3.45. The number of benzodiazepines with no additional fused rings is 1. The van der Waals surface area contributed by atoms with Crippen LogP contribution in [-0.4, -0.2) is 36.6 Å². The number of nitrogens with two attached hydrogens (primary N) is 1. The normalized spacial score (nSPS) is 17.2. The van der Waals surface area contributed by atoms with E-state index in [1.807, 2.05) is 50.2 Å². The van der Waals surface area contributed by atoms with Crippen molar-refractivity contribution in [1.82, 2.24) is 5.32 Å². The fourth-order valence-corrected chi connectivity index (χ4v) is 4.44. The summed E-state index contributed by atoms with van der Waals surface area (Å²) >= 11 is 6.08. The number of carbonyl (C=O) groups is 3. The Morgan fingerprint density at radius 1 is 1.17 bits per heavy atom. The molecule has 3 rings (SSSR count). The SMILES string of the molecule is C=CCC(C(N)=O)C(CC(C)C)C(=O)NC1N=C(c2ccc(Cl)cc2)c2ccccc2N(C)C1=O. The molecule has 8 heteroatoms. The quantitative estimate of drug-likeness (QED) is 0.516. The number of aliphatic imine (C=N–C) groups is 1. The second kappa shape index (κ2) is 11.3. The number of halogens is 1. The van der Waals surface area contributed by atoms with Crippen LogP contribution in [0, 0.1) is 17.8 Å². The maximum absolute atomic E-state index is 13.5. The molecule has 1 heterocycles. The van der Waals surface area contributed by atoms with Gasteiger partial charge >= 0.3 is 0 Å². The largest absolute Gasteiger partial charge is 0.369 e. The number of hydrogen-bond acceptors (Lipinski definition) is 4. The van der Waals surface area contributed by atoms with Crippen LogP contribution in [0.2, 0.25) is 5.02 Å². The minimum atomic E-state index is -1.18. The second-order valence-corrected chi connectivity index (χ2v) is 9.52. The van der Waals surface area contributed by atoms with E-state index in [-0.39, 0.29) is 12.3 Å². The summed E-state index contributed by atoms with van der Waals surface area (Å²) in [6.45, 7) is 7.62. The van der Waals surface area contributed by atoms with Gasteiger partial charge in [-0.05, 0) is 37.0 Å². The van der Waals surface area contributed by atoms with Crippen LogP contribution in [-0.2, 0) is 14.4 Å². The van der Waals surface area contributed by atoms with Crippen LogP contribution in [0.3, 0.4) is 0 Å². The van der Waals surface area contributed by atoms with Crippen molar-refractivity contribution in [1.29, 1.82) is 0 Å². The highest BCUT2D eigenvalue weighted by atomic mass is 35.5. The third-order valence-corrected chi connectivity index (χ3v) is 6.33. The molecule has 0 spiro atoms. The molecule has 3 atom stereocenters. The molecule has 0 fully saturated rings. The maximum Gasteiger partial charge on any atom is 0.272 e. The molecule has 7 nitrogen and oxygen atoms in total. The van der Waals surface area contributed by atoms with Crippen molar-refractivity contribution < 1.29 is 14.4 Å². The lowest BCUT2D eigenvalue weighted by atomic mass is 9.82. The molecule has 0 saturated heterocycles. The lowest BCUT2D eigenvalue weighted by molar-refractivity contribution is -0.135. The maximum atomic E-state index is 13.5. The molecule has 0 aromatic heterocycles. The first-order valence-electron chi connectivity index (χ1n) is 11.5. The van der Waals surface area contributed by atoms with Gasteiger partial charge in [-0.1, -0.05) is 61.9 Å². The van der Waals surface area contributed by atoms with Gasteiger partial charge in [-0.25, -0.2) is 4.99 Å². The van der Waals surface area contributed by atoms with Gasteiger partial charge in [-0.3, -0.25) is 14.4 Å². The summed E-state index contributed by atoms with van der Waals surface area (Å²) in [6.07, 6.45) is 1.09. The Labute approximate surface area is 211 Å². The van der Waals surface area contributed by atoms with E-state index < -0.39 is 35.7 Å². The third-order valence-electron chi connectivity index (χ3n) is 6.07. The van der Waals surface area contributed by atoms with Gasteiger partial charge in [0, 0.05) is 23.2 Å². The standard InChI is InChI=1S/C27H31ClN4O3/c1-5-8-19(24(29)33)21(15-16(2)3)26(34)31-25-27(35)32(4)22-10-7-6-9-20(22)23(30-25)17-11-13-18(28)14-12-17/h5-7,9-14,16,19,21,25H,1,8,15H2,2-4H3,(H2,29,33)(H,31,34). The Morgan fingerprint density at radius 3 is 2.43 bits per heavy atom. The number of nitrogens with one attached hydrogen (secondary N) is 1. The van der Waals surface area contributed by atoms with Crippen LogP contribution < -0.4 is 16.0 Å². The summed E-state index contributed by atoms with van der Waals surface area (Å²) in [7, 11) is 1.65. The minimum Gasteiger partial charge on any atom is -0.369 e. The molecule has 3 N–H and O–H groups in total. The molecule has 3 amide bonds. The van der Waals surface area contributed by atoms with Crippen molar-refractivity contribution in [3.8, 4) is 0 Å². The number of rotatable bonds is 9. The summed E-state index contributed by atoms with van der Waals surface area (Å²) in [5.41, 5.74) is 8.36. The number of likely N-dealkylation sites (N-methyl/N-ethyl adjacent to an activating group) is 1. The molecule has 2 aromatic rings. The van der Waals surface area contributed by atoms with Gasteiger partial charge in [0.1, 0.15) is 0 Å². The highest BCUT2D eigenvalue weighted by molar-refractivity contribution is 6.30. The highest BCUT2D eigenvalue weighted by Gasteiger charge is 2.36. The van der Waals surface area contributed by atoms with Crippen molar-refractivity contribution in [3.63, 3.8) is 0 Å².